The topological polar surface area (TPSA) is 39.7 Å². The van der Waals surface area contributed by atoms with Crippen molar-refractivity contribution in [3.8, 4) is 17.2 Å². The van der Waals surface area contributed by atoms with Crippen molar-refractivity contribution in [2.24, 2.45) is 0 Å². The van der Waals surface area contributed by atoms with Gasteiger partial charge in [-0.1, -0.05) is 41.4 Å². The van der Waals surface area contributed by atoms with Gasteiger partial charge >= 0.3 is 0 Å². The molecule has 0 atom stereocenters. The summed E-state index contributed by atoms with van der Waals surface area (Å²) in [4.78, 5) is 0. The highest BCUT2D eigenvalue weighted by molar-refractivity contribution is 6.31. The Kier molecular flexibility index (Phi) is 8.41. The molecule has 1 N–H and O–H groups in total. The molecule has 0 unspecified atom stereocenters. The number of rotatable bonds is 10. The zero-order chi connectivity index (χ0) is 22.2. The van der Waals surface area contributed by atoms with E-state index in [0.717, 1.165) is 24.3 Å². The molecule has 0 aromatic heterocycles. The standard InChI is InChI=1S/C24H24Cl2FNO3/c1-29-20-7-3-16(4-8-20)9-10-28-14-18-11-23(30-2)24(13-22(18)26)31-15-17-5-6-19(27)12-21(17)25/h3-8,11-13,28H,9-10,14-15H2,1-2H3. The molecule has 0 fully saturated rings. The van der Waals surface area contributed by atoms with Gasteiger partial charge < -0.3 is 19.5 Å². The van der Waals surface area contributed by atoms with Gasteiger partial charge in [0.05, 0.1) is 19.2 Å². The van der Waals surface area contributed by atoms with Gasteiger partial charge in [0.2, 0.25) is 0 Å². The molecular weight excluding hydrogens is 440 g/mol. The molecule has 4 nitrogen and oxygen atoms in total. The van der Waals surface area contributed by atoms with Gasteiger partial charge in [-0.05, 0) is 54.4 Å². The molecule has 0 aliphatic heterocycles. The van der Waals surface area contributed by atoms with Crippen LogP contribution in [-0.2, 0) is 19.6 Å². The molecule has 0 aliphatic rings. The quantitative estimate of drug-likeness (QED) is 0.370. The predicted molar refractivity (Wildman–Crippen MR) is 122 cm³/mol. The Morgan fingerprint density at radius 3 is 2.26 bits per heavy atom. The summed E-state index contributed by atoms with van der Waals surface area (Å²) in [5.74, 6) is 1.52. The van der Waals surface area contributed by atoms with Crippen LogP contribution in [0.25, 0.3) is 0 Å². The highest BCUT2D eigenvalue weighted by Gasteiger charge is 2.12. The largest absolute Gasteiger partial charge is 0.497 e. The fourth-order valence-corrected chi connectivity index (χ4v) is 3.47. The summed E-state index contributed by atoms with van der Waals surface area (Å²) in [6.07, 6.45) is 0.887. The Morgan fingerprint density at radius 2 is 1.58 bits per heavy atom. The maximum atomic E-state index is 13.2. The number of methoxy groups -OCH3 is 2. The van der Waals surface area contributed by atoms with Crippen LogP contribution in [0.4, 0.5) is 4.39 Å². The summed E-state index contributed by atoms with van der Waals surface area (Å²) in [6, 6.07) is 15.8. The zero-order valence-electron chi connectivity index (χ0n) is 17.4. The van der Waals surface area contributed by atoms with Crippen molar-refractivity contribution in [1.29, 1.82) is 0 Å². The molecule has 3 rings (SSSR count). The summed E-state index contributed by atoms with van der Waals surface area (Å²) in [5, 5.41) is 4.27. The fraction of sp³-hybridized carbons (Fsp3) is 0.250. The first-order valence-corrected chi connectivity index (χ1v) is 10.5. The molecule has 3 aromatic rings. The summed E-state index contributed by atoms with van der Waals surface area (Å²) >= 11 is 12.5. The van der Waals surface area contributed by atoms with E-state index in [4.69, 9.17) is 37.4 Å². The molecular formula is C24H24Cl2FNO3. The van der Waals surface area contributed by atoms with Gasteiger partial charge in [0.15, 0.2) is 11.5 Å². The van der Waals surface area contributed by atoms with Crippen LogP contribution in [-0.4, -0.2) is 20.8 Å². The van der Waals surface area contributed by atoms with Crippen LogP contribution in [0.2, 0.25) is 10.0 Å². The SMILES string of the molecule is COc1ccc(CCNCc2cc(OC)c(OCc3ccc(F)cc3Cl)cc2Cl)cc1. The number of ether oxygens (including phenoxy) is 3. The van der Waals surface area contributed by atoms with E-state index < -0.39 is 5.82 Å². The second kappa shape index (κ2) is 11.2. The van der Waals surface area contributed by atoms with Gasteiger partial charge in [0.1, 0.15) is 18.2 Å². The summed E-state index contributed by atoms with van der Waals surface area (Å²) in [6.45, 7) is 1.56. The van der Waals surface area contributed by atoms with Gasteiger partial charge in [-0.3, -0.25) is 0 Å². The lowest BCUT2D eigenvalue weighted by atomic mass is 10.1. The molecule has 0 amide bonds. The second-order valence-corrected chi connectivity index (χ2v) is 7.71. The highest BCUT2D eigenvalue weighted by Crippen LogP contribution is 2.34. The Balaban J connectivity index is 1.57. The van der Waals surface area contributed by atoms with Crippen molar-refractivity contribution < 1.29 is 18.6 Å². The van der Waals surface area contributed by atoms with Crippen LogP contribution in [0.1, 0.15) is 16.7 Å². The van der Waals surface area contributed by atoms with Crippen molar-refractivity contribution in [3.05, 3.63) is 87.2 Å². The van der Waals surface area contributed by atoms with Gasteiger partial charge in [-0.15, -0.1) is 0 Å². The summed E-state index contributed by atoms with van der Waals surface area (Å²) < 4.78 is 29.7. The van der Waals surface area contributed by atoms with Gasteiger partial charge in [0.25, 0.3) is 0 Å². The maximum Gasteiger partial charge on any atom is 0.163 e. The van der Waals surface area contributed by atoms with Crippen molar-refractivity contribution >= 4 is 23.2 Å². The molecule has 3 aromatic carbocycles. The smallest absolute Gasteiger partial charge is 0.163 e. The van der Waals surface area contributed by atoms with Gasteiger partial charge in [-0.25, -0.2) is 4.39 Å². The summed E-state index contributed by atoms with van der Waals surface area (Å²) in [7, 11) is 3.23. The lowest BCUT2D eigenvalue weighted by Crippen LogP contribution is -2.17. The lowest BCUT2D eigenvalue weighted by Gasteiger charge is -2.15. The molecule has 0 heterocycles. The molecule has 0 saturated carbocycles. The van der Waals surface area contributed by atoms with Crippen molar-refractivity contribution in [2.45, 2.75) is 19.6 Å². The molecule has 0 spiro atoms. The van der Waals surface area contributed by atoms with Crippen LogP contribution in [0.3, 0.4) is 0 Å². The van der Waals surface area contributed by atoms with E-state index in [-0.39, 0.29) is 6.61 Å². The van der Waals surface area contributed by atoms with E-state index in [1.165, 1.54) is 17.7 Å². The number of nitrogens with one attached hydrogen (secondary N) is 1. The first kappa shape index (κ1) is 23.2. The Labute approximate surface area is 191 Å². The minimum absolute atomic E-state index is 0.172. The minimum Gasteiger partial charge on any atom is -0.497 e. The first-order valence-electron chi connectivity index (χ1n) is 9.77. The highest BCUT2D eigenvalue weighted by atomic mass is 35.5. The van der Waals surface area contributed by atoms with Gasteiger partial charge in [0, 0.05) is 23.2 Å². The fourth-order valence-electron chi connectivity index (χ4n) is 3.03. The van der Waals surface area contributed by atoms with Crippen molar-refractivity contribution in [1.82, 2.24) is 5.32 Å². The zero-order valence-corrected chi connectivity index (χ0v) is 18.9. The number of hydrogen-bond donors (Lipinski definition) is 1. The first-order chi connectivity index (χ1) is 15.0. The normalized spacial score (nSPS) is 10.7. The van der Waals surface area contributed by atoms with Crippen LogP contribution < -0.4 is 19.5 Å². The second-order valence-electron chi connectivity index (χ2n) is 6.89. The molecule has 0 radical (unpaired) electrons. The van der Waals surface area contributed by atoms with Crippen LogP contribution in [0, 0.1) is 5.82 Å². The third-order valence-electron chi connectivity index (χ3n) is 4.80. The van der Waals surface area contributed by atoms with E-state index in [0.29, 0.717) is 33.7 Å². The average Bonchev–Trinajstić information content (AvgIpc) is 2.77. The van der Waals surface area contributed by atoms with E-state index in [1.807, 2.05) is 18.2 Å². The van der Waals surface area contributed by atoms with E-state index >= 15 is 0 Å². The minimum atomic E-state index is -0.391. The molecule has 7 heteroatoms. The van der Waals surface area contributed by atoms with E-state index in [9.17, 15) is 4.39 Å². The number of benzene rings is 3. The third-order valence-corrected chi connectivity index (χ3v) is 5.50. The maximum absolute atomic E-state index is 13.2. The Bertz CT molecular complexity index is 1010. The van der Waals surface area contributed by atoms with Crippen molar-refractivity contribution in [2.75, 3.05) is 20.8 Å². The van der Waals surface area contributed by atoms with E-state index in [2.05, 4.69) is 17.4 Å². The molecule has 164 valence electrons. The summed E-state index contributed by atoms with van der Waals surface area (Å²) in [5.41, 5.74) is 2.80. The van der Waals surface area contributed by atoms with Crippen LogP contribution >= 0.6 is 23.2 Å². The Morgan fingerprint density at radius 1 is 0.839 bits per heavy atom. The molecule has 0 aliphatic carbocycles. The van der Waals surface area contributed by atoms with Gasteiger partial charge in [-0.2, -0.15) is 0 Å². The number of halogens is 3. The van der Waals surface area contributed by atoms with E-state index in [1.54, 1.807) is 26.4 Å². The monoisotopic (exact) mass is 463 g/mol. The van der Waals surface area contributed by atoms with Crippen molar-refractivity contribution in [3.63, 3.8) is 0 Å². The van der Waals surface area contributed by atoms with Crippen LogP contribution in [0.5, 0.6) is 17.2 Å². The number of hydrogen-bond acceptors (Lipinski definition) is 4. The van der Waals surface area contributed by atoms with Crippen LogP contribution in [0.15, 0.2) is 54.6 Å². The predicted octanol–water partition coefficient (Wildman–Crippen LogP) is 6.06. The molecule has 31 heavy (non-hydrogen) atoms. The molecule has 0 saturated heterocycles. The Hall–Kier alpha value is -2.47. The lowest BCUT2D eigenvalue weighted by molar-refractivity contribution is 0.284. The average molecular weight is 464 g/mol. The third kappa shape index (κ3) is 6.50. The molecule has 0 bridgehead atoms.